The second-order valence-corrected chi connectivity index (χ2v) is 6.44. The highest BCUT2D eigenvalue weighted by molar-refractivity contribution is 9.11. The van der Waals surface area contributed by atoms with Crippen molar-refractivity contribution in [2.45, 2.75) is 0 Å². The van der Waals surface area contributed by atoms with Crippen LogP contribution < -0.4 is 14.8 Å². The first-order valence-corrected chi connectivity index (χ1v) is 7.86. The van der Waals surface area contributed by atoms with E-state index in [2.05, 4.69) is 37.2 Å². The summed E-state index contributed by atoms with van der Waals surface area (Å²) >= 11 is 12.8. The van der Waals surface area contributed by atoms with Gasteiger partial charge in [0.1, 0.15) is 0 Å². The molecule has 108 valence electrons. The van der Waals surface area contributed by atoms with Crippen molar-refractivity contribution in [3.63, 3.8) is 0 Å². The summed E-state index contributed by atoms with van der Waals surface area (Å²) in [5.41, 5.74) is 0.979. The molecule has 1 aliphatic rings. The molecule has 2 aromatic rings. The molecule has 2 aromatic carbocycles. The summed E-state index contributed by atoms with van der Waals surface area (Å²) in [6.07, 6.45) is 0. The second kappa shape index (κ2) is 5.87. The number of carbonyl (C=O) groups excluding carboxylic acids is 1. The lowest BCUT2D eigenvalue weighted by molar-refractivity contribution is 0.102. The topological polar surface area (TPSA) is 47.6 Å². The molecule has 1 N–H and O–H groups in total. The molecule has 0 spiro atoms. The molecule has 0 saturated heterocycles. The number of carbonyl (C=O) groups is 1. The minimum atomic E-state index is -0.268. The van der Waals surface area contributed by atoms with Gasteiger partial charge in [-0.05, 0) is 34.1 Å². The van der Waals surface area contributed by atoms with Gasteiger partial charge in [0.05, 0.1) is 16.3 Å². The Labute approximate surface area is 142 Å². The van der Waals surface area contributed by atoms with Crippen LogP contribution in [-0.2, 0) is 0 Å². The Hall–Kier alpha value is -1.24. The Morgan fingerprint density at radius 3 is 2.57 bits per heavy atom. The molecule has 3 rings (SSSR count). The molecule has 0 aromatic heterocycles. The van der Waals surface area contributed by atoms with Crippen LogP contribution in [-0.4, -0.2) is 12.7 Å². The van der Waals surface area contributed by atoms with Gasteiger partial charge in [0.15, 0.2) is 11.5 Å². The molecule has 7 heteroatoms. The maximum atomic E-state index is 12.3. The minimum Gasteiger partial charge on any atom is -0.454 e. The van der Waals surface area contributed by atoms with Crippen LogP contribution in [0.2, 0.25) is 5.02 Å². The molecule has 1 amide bonds. The van der Waals surface area contributed by atoms with E-state index in [1.807, 2.05) is 0 Å². The van der Waals surface area contributed by atoms with Gasteiger partial charge in [-0.2, -0.15) is 0 Å². The fourth-order valence-corrected chi connectivity index (χ4v) is 3.30. The first-order valence-electron chi connectivity index (χ1n) is 5.90. The second-order valence-electron chi connectivity index (χ2n) is 4.26. The fraction of sp³-hybridized carbons (Fsp3) is 0.0714. The van der Waals surface area contributed by atoms with Gasteiger partial charge in [-0.3, -0.25) is 4.79 Å². The average molecular weight is 433 g/mol. The number of hydrogen-bond donors (Lipinski definition) is 1. The van der Waals surface area contributed by atoms with E-state index in [1.54, 1.807) is 30.3 Å². The maximum Gasteiger partial charge on any atom is 0.256 e. The van der Waals surface area contributed by atoms with Crippen molar-refractivity contribution in [2.75, 3.05) is 12.1 Å². The number of nitrogens with one attached hydrogen (secondary N) is 1. The highest BCUT2D eigenvalue weighted by atomic mass is 79.9. The zero-order valence-corrected chi connectivity index (χ0v) is 14.4. The van der Waals surface area contributed by atoms with Gasteiger partial charge in [0, 0.05) is 21.1 Å². The first kappa shape index (κ1) is 14.7. The molecule has 1 aliphatic heterocycles. The van der Waals surface area contributed by atoms with E-state index in [9.17, 15) is 4.79 Å². The van der Waals surface area contributed by atoms with Crippen molar-refractivity contribution in [1.29, 1.82) is 0 Å². The van der Waals surface area contributed by atoms with Crippen molar-refractivity contribution < 1.29 is 14.3 Å². The van der Waals surface area contributed by atoms with Crippen molar-refractivity contribution in [3.05, 3.63) is 49.9 Å². The summed E-state index contributed by atoms with van der Waals surface area (Å²) in [5, 5.41) is 3.15. The Kier molecular flexibility index (Phi) is 4.10. The van der Waals surface area contributed by atoms with E-state index < -0.39 is 0 Å². The Morgan fingerprint density at radius 2 is 1.86 bits per heavy atom. The number of halogens is 3. The lowest BCUT2D eigenvalue weighted by Gasteiger charge is -2.10. The molecule has 1 heterocycles. The van der Waals surface area contributed by atoms with Gasteiger partial charge < -0.3 is 14.8 Å². The van der Waals surface area contributed by atoms with Crippen molar-refractivity contribution >= 4 is 55.1 Å². The van der Waals surface area contributed by atoms with Crippen molar-refractivity contribution in [2.24, 2.45) is 0 Å². The molecular weight excluding hydrogens is 425 g/mol. The van der Waals surface area contributed by atoms with Crippen LogP contribution in [0.5, 0.6) is 11.5 Å². The van der Waals surface area contributed by atoms with Gasteiger partial charge in [0.2, 0.25) is 6.79 Å². The number of hydrogen-bond acceptors (Lipinski definition) is 3. The van der Waals surface area contributed by atoms with Gasteiger partial charge in [-0.1, -0.05) is 27.5 Å². The van der Waals surface area contributed by atoms with Crippen LogP contribution in [0.1, 0.15) is 10.4 Å². The summed E-state index contributed by atoms with van der Waals surface area (Å²) in [5.74, 6) is 0.863. The van der Waals surface area contributed by atoms with E-state index in [-0.39, 0.29) is 12.7 Å². The average Bonchev–Trinajstić information content (AvgIpc) is 2.86. The van der Waals surface area contributed by atoms with E-state index in [4.69, 9.17) is 21.1 Å². The number of benzene rings is 2. The molecule has 0 fully saturated rings. The standard InChI is InChI=1S/C14H8Br2ClNO3/c15-7-1-2-8(9(16)3-7)14(19)18-11-5-13-12(4-10(11)17)20-6-21-13/h1-5H,6H2,(H,18,19). The largest absolute Gasteiger partial charge is 0.454 e. The van der Waals surface area contributed by atoms with Crippen LogP contribution >= 0.6 is 43.5 Å². The van der Waals surface area contributed by atoms with E-state index in [0.29, 0.717) is 32.2 Å². The molecule has 4 nitrogen and oxygen atoms in total. The monoisotopic (exact) mass is 431 g/mol. The molecule has 0 radical (unpaired) electrons. The summed E-state index contributed by atoms with van der Waals surface area (Å²) in [4.78, 5) is 12.3. The van der Waals surface area contributed by atoms with E-state index >= 15 is 0 Å². The zero-order valence-electron chi connectivity index (χ0n) is 10.5. The predicted molar refractivity (Wildman–Crippen MR) is 87.4 cm³/mol. The minimum absolute atomic E-state index is 0.154. The number of amides is 1. The third-order valence-electron chi connectivity index (χ3n) is 2.89. The third kappa shape index (κ3) is 3.02. The third-order valence-corrected chi connectivity index (χ3v) is 4.35. The fourth-order valence-electron chi connectivity index (χ4n) is 1.88. The molecular formula is C14H8Br2ClNO3. The summed E-state index contributed by atoms with van der Waals surface area (Å²) in [6.45, 7) is 0.154. The lowest BCUT2D eigenvalue weighted by Crippen LogP contribution is -2.12. The smallest absolute Gasteiger partial charge is 0.256 e. The van der Waals surface area contributed by atoms with Crippen LogP contribution in [0.4, 0.5) is 5.69 Å². The Bertz CT molecular complexity index is 736. The predicted octanol–water partition coefficient (Wildman–Crippen LogP) is 4.85. The van der Waals surface area contributed by atoms with Crippen LogP contribution in [0.3, 0.4) is 0 Å². The normalized spacial score (nSPS) is 12.3. The SMILES string of the molecule is O=C(Nc1cc2c(cc1Cl)OCO2)c1ccc(Br)cc1Br. The summed E-state index contributed by atoms with van der Waals surface area (Å²) in [7, 11) is 0. The van der Waals surface area contributed by atoms with Crippen LogP contribution in [0.25, 0.3) is 0 Å². The molecule has 21 heavy (non-hydrogen) atoms. The first-order chi connectivity index (χ1) is 10.0. The quantitative estimate of drug-likeness (QED) is 0.737. The van der Waals surface area contributed by atoms with Crippen LogP contribution in [0.15, 0.2) is 39.3 Å². The van der Waals surface area contributed by atoms with Gasteiger partial charge in [0.25, 0.3) is 5.91 Å². The molecule has 0 saturated carbocycles. The Morgan fingerprint density at radius 1 is 1.14 bits per heavy atom. The van der Waals surface area contributed by atoms with Crippen molar-refractivity contribution in [1.82, 2.24) is 0 Å². The van der Waals surface area contributed by atoms with Crippen molar-refractivity contribution in [3.8, 4) is 11.5 Å². The summed E-state index contributed by atoms with van der Waals surface area (Å²) in [6, 6.07) is 8.58. The highest BCUT2D eigenvalue weighted by Crippen LogP contribution is 2.39. The summed E-state index contributed by atoms with van der Waals surface area (Å²) < 4.78 is 12.1. The van der Waals surface area contributed by atoms with Gasteiger partial charge in [-0.15, -0.1) is 0 Å². The van der Waals surface area contributed by atoms with Crippen LogP contribution in [0, 0.1) is 0 Å². The Balaban J connectivity index is 1.88. The number of fused-ring (bicyclic) bond motifs is 1. The zero-order chi connectivity index (χ0) is 15.0. The lowest BCUT2D eigenvalue weighted by atomic mass is 10.2. The number of ether oxygens (including phenoxy) is 2. The van der Waals surface area contributed by atoms with E-state index in [0.717, 1.165) is 4.47 Å². The highest BCUT2D eigenvalue weighted by Gasteiger charge is 2.18. The molecule has 0 atom stereocenters. The van der Waals surface area contributed by atoms with Gasteiger partial charge in [-0.25, -0.2) is 0 Å². The molecule has 0 unspecified atom stereocenters. The number of anilines is 1. The van der Waals surface area contributed by atoms with Gasteiger partial charge >= 0.3 is 0 Å². The maximum absolute atomic E-state index is 12.3. The number of rotatable bonds is 2. The molecule has 0 bridgehead atoms. The van der Waals surface area contributed by atoms with E-state index in [1.165, 1.54) is 0 Å². The molecule has 0 aliphatic carbocycles.